The predicted octanol–water partition coefficient (Wildman–Crippen LogP) is 6.77. The van der Waals surface area contributed by atoms with Crippen LogP contribution in [0, 0.1) is 12.3 Å². The quantitative estimate of drug-likeness (QED) is 0.570. The second-order valence-electron chi connectivity index (χ2n) is 9.97. The Bertz CT molecular complexity index is 1060. The summed E-state index contributed by atoms with van der Waals surface area (Å²) in [6.45, 7) is 7.29. The Morgan fingerprint density at radius 3 is 2.45 bits per heavy atom. The minimum Gasteiger partial charge on any atom is -0.479 e. The summed E-state index contributed by atoms with van der Waals surface area (Å²) < 4.78 is 32.5. The monoisotopic (exact) mass is 429 g/mol. The number of allylic oxidation sites excluding steroid dienone is 2. The zero-order valence-corrected chi connectivity index (χ0v) is 18.5. The number of aryl methyl sites for hydroxylation is 1. The third kappa shape index (κ3) is 4.36. The van der Waals surface area contributed by atoms with Crippen molar-refractivity contribution >= 4 is 22.4 Å². The van der Waals surface area contributed by atoms with Crippen LogP contribution in [-0.2, 0) is 9.53 Å². The maximum atomic E-state index is 13.3. The zero-order valence-electron chi connectivity index (χ0n) is 18.5. The molecular formula is C25H29F2NO3. The van der Waals surface area contributed by atoms with Gasteiger partial charge in [-0.05, 0) is 94.0 Å². The Balaban J connectivity index is 1.95. The zero-order chi connectivity index (χ0) is 22.6. The van der Waals surface area contributed by atoms with Gasteiger partial charge in [0.2, 0.25) is 0 Å². The number of pyridine rings is 1. The standard InChI is InChI=1S/C25H29F2NO3/c1-14-13-18-16(5-6-17(28-18)22(26)27)20(15-7-9-25(10-8-15)11-12-25)19(14)21(23(29)30)31-24(2,3)4/h5-7,13,21-22H,8-12H2,1-4H3,(H,29,30)/t21-/m0/s1. The SMILES string of the molecule is Cc1cc2nc(C(F)F)ccc2c(C2=CCC3(CC2)CC3)c1[C@H](OC(C)(C)C)C(=O)O. The molecule has 31 heavy (non-hydrogen) atoms. The fourth-order valence-electron chi connectivity index (χ4n) is 4.63. The number of carboxylic acid groups (broad SMARTS) is 1. The summed E-state index contributed by atoms with van der Waals surface area (Å²) in [5.74, 6) is -1.06. The second kappa shape index (κ2) is 7.66. The number of carbonyl (C=O) groups is 1. The van der Waals surface area contributed by atoms with Gasteiger partial charge in [0.15, 0.2) is 6.10 Å². The Hall–Kier alpha value is -2.34. The number of alkyl halides is 2. The maximum absolute atomic E-state index is 13.3. The van der Waals surface area contributed by atoms with E-state index in [0.717, 1.165) is 30.4 Å². The van der Waals surface area contributed by atoms with Gasteiger partial charge in [-0.1, -0.05) is 12.1 Å². The lowest BCUT2D eigenvalue weighted by atomic mass is 9.80. The molecule has 1 aromatic carbocycles. The van der Waals surface area contributed by atoms with Crippen LogP contribution in [0.25, 0.3) is 16.5 Å². The van der Waals surface area contributed by atoms with Crippen molar-refractivity contribution in [3.63, 3.8) is 0 Å². The lowest BCUT2D eigenvalue weighted by Gasteiger charge is -2.30. The molecule has 0 bridgehead atoms. The normalized spacial score (nSPS) is 19.0. The first kappa shape index (κ1) is 21.9. The van der Waals surface area contributed by atoms with Gasteiger partial charge in [-0.25, -0.2) is 18.6 Å². The van der Waals surface area contributed by atoms with Crippen molar-refractivity contribution in [3.8, 4) is 0 Å². The number of halogens is 2. The van der Waals surface area contributed by atoms with Gasteiger partial charge >= 0.3 is 5.97 Å². The minimum atomic E-state index is -2.66. The lowest BCUT2D eigenvalue weighted by molar-refractivity contribution is -0.160. The van der Waals surface area contributed by atoms with Gasteiger partial charge < -0.3 is 9.84 Å². The van der Waals surface area contributed by atoms with Crippen molar-refractivity contribution in [2.24, 2.45) is 5.41 Å². The van der Waals surface area contributed by atoms with E-state index < -0.39 is 24.1 Å². The molecule has 0 saturated heterocycles. The highest BCUT2D eigenvalue weighted by atomic mass is 19.3. The van der Waals surface area contributed by atoms with Crippen molar-refractivity contribution in [1.82, 2.24) is 4.98 Å². The highest BCUT2D eigenvalue weighted by Crippen LogP contribution is 2.57. The van der Waals surface area contributed by atoms with Gasteiger partial charge in [-0.2, -0.15) is 0 Å². The first-order chi connectivity index (χ1) is 14.5. The van der Waals surface area contributed by atoms with Crippen LogP contribution in [0.3, 0.4) is 0 Å². The smallest absolute Gasteiger partial charge is 0.337 e. The molecule has 2 aliphatic carbocycles. The average Bonchev–Trinajstić information content (AvgIpc) is 3.43. The van der Waals surface area contributed by atoms with Gasteiger partial charge in [0, 0.05) is 10.9 Å². The van der Waals surface area contributed by atoms with Gasteiger partial charge in [0.25, 0.3) is 6.43 Å². The number of ether oxygens (including phenoxy) is 1. The number of aromatic nitrogens is 1. The fraction of sp³-hybridized carbons (Fsp3) is 0.520. The van der Waals surface area contributed by atoms with Crippen LogP contribution in [0.5, 0.6) is 0 Å². The van der Waals surface area contributed by atoms with E-state index in [1.165, 1.54) is 18.9 Å². The molecule has 1 spiro atoms. The molecule has 2 aromatic rings. The summed E-state index contributed by atoms with van der Waals surface area (Å²) in [4.78, 5) is 16.5. The van der Waals surface area contributed by atoms with Crippen molar-refractivity contribution < 1.29 is 23.4 Å². The van der Waals surface area contributed by atoms with Crippen LogP contribution >= 0.6 is 0 Å². The molecule has 6 heteroatoms. The van der Waals surface area contributed by atoms with E-state index in [1.54, 1.807) is 12.1 Å². The molecule has 0 unspecified atom stereocenters. The van der Waals surface area contributed by atoms with Crippen LogP contribution in [-0.4, -0.2) is 21.7 Å². The molecule has 1 fully saturated rings. The number of nitrogens with zero attached hydrogens (tertiary/aromatic N) is 1. The van der Waals surface area contributed by atoms with E-state index in [-0.39, 0.29) is 5.69 Å². The summed E-state index contributed by atoms with van der Waals surface area (Å²) in [5.41, 5.74) is 3.07. The summed E-state index contributed by atoms with van der Waals surface area (Å²) in [7, 11) is 0. The molecule has 4 nitrogen and oxygen atoms in total. The van der Waals surface area contributed by atoms with E-state index in [0.29, 0.717) is 27.4 Å². The topological polar surface area (TPSA) is 59.4 Å². The van der Waals surface area contributed by atoms with Crippen LogP contribution in [0.1, 0.15) is 87.8 Å². The van der Waals surface area contributed by atoms with E-state index in [1.807, 2.05) is 27.7 Å². The van der Waals surface area contributed by atoms with Crippen molar-refractivity contribution in [2.75, 3.05) is 0 Å². The minimum absolute atomic E-state index is 0.277. The molecule has 1 aromatic heterocycles. The van der Waals surface area contributed by atoms with E-state index >= 15 is 0 Å². The number of aliphatic carboxylic acids is 1. The largest absolute Gasteiger partial charge is 0.479 e. The van der Waals surface area contributed by atoms with E-state index in [2.05, 4.69) is 11.1 Å². The molecule has 0 aliphatic heterocycles. The third-order valence-corrected chi connectivity index (χ3v) is 6.43. The van der Waals surface area contributed by atoms with E-state index in [9.17, 15) is 18.7 Å². The van der Waals surface area contributed by atoms with Gasteiger partial charge in [0.05, 0.1) is 11.1 Å². The molecular weight excluding hydrogens is 400 g/mol. The number of rotatable bonds is 5. The maximum Gasteiger partial charge on any atom is 0.337 e. The second-order valence-corrected chi connectivity index (χ2v) is 9.97. The first-order valence-electron chi connectivity index (χ1n) is 10.8. The van der Waals surface area contributed by atoms with Gasteiger partial charge in [-0.15, -0.1) is 0 Å². The Kier molecular flexibility index (Phi) is 5.41. The van der Waals surface area contributed by atoms with Crippen LogP contribution in [0.2, 0.25) is 0 Å². The molecule has 0 amide bonds. The number of hydrogen-bond donors (Lipinski definition) is 1. The number of carboxylic acids is 1. The molecule has 4 rings (SSSR count). The molecule has 2 aliphatic rings. The van der Waals surface area contributed by atoms with E-state index in [4.69, 9.17) is 4.74 Å². The molecule has 1 N–H and O–H groups in total. The molecule has 1 heterocycles. The molecule has 1 saturated carbocycles. The lowest BCUT2D eigenvalue weighted by Crippen LogP contribution is -2.28. The van der Waals surface area contributed by atoms with Crippen LogP contribution in [0.15, 0.2) is 24.3 Å². The predicted molar refractivity (Wildman–Crippen MR) is 116 cm³/mol. The average molecular weight is 430 g/mol. The summed E-state index contributed by atoms with van der Waals surface area (Å²) in [5, 5.41) is 10.8. The summed E-state index contributed by atoms with van der Waals surface area (Å²) in [6, 6.07) is 4.69. The highest BCUT2D eigenvalue weighted by molar-refractivity contribution is 5.96. The Morgan fingerprint density at radius 1 is 1.23 bits per heavy atom. The summed E-state index contributed by atoms with van der Waals surface area (Å²) in [6.07, 6.45) is 3.74. The van der Waals surface area contributed by atoms with Crippen molar-refractivity contribution in [1.29, 1.82) is 0 Å². The number of fused-ring (bicyclic) bond motifs is 1. The molecule has 0 radical (unpaired) electrons. The molecule has 166 valence electrons. The van der Waals surface area contributed by atoms with Crippen LogP contribution in [0.4, 0.5) is 8.78 Å². The van der Waals surface area contributed by atoms with Crippen molar-refractivity contribution in [3.05, 3.63) is 46.7 Å². The third-order valence-electron chi connectivity index (χ3n) is 6.43. The van der Waals surface area contributed by atoms with Gasteiger partial charge in [0.1, 0.15) is 5.69 Å². The number of hydrogen-bond acceptors (Lipinski definition) is 3. The van der Waals surface area contributed by atoms with Crippen molar-refractivity contribution in [2.45, 2.75) is 77.9 Å². The summed E-state index contributed by atoms with van der Waals surface area (Å²) >= 11 is 0. The highest BCUT2D eigenvalue weighted by Gasteiger charge is 2.43. The fourth-order valence-corrected chi connectivity index (χ4v) is 4.63. The Labute approximate surface area is 181 Å². The Morgan fingerprint density at radius 2 is 1.94 bits per heavy atom. The first-order valence-corrected chi connectivity index (χ1v) is 10.8. The van der Waals surface area contributed by atoms with Crippen LogP contribution < -0.4 is 0 Å². The molecule has 1 atom stereocenters. The number of benzene rings is 1. The van der Waals surface area contributed by atoms with Gasteiger partial charge in [-0.3, -0.25) is 0 Å².